The molecule has 184 valence electrons. The maximum absolute atomic E-state index is 13.5. The molecule has 0 saturated carbocycles. The highest BCUT2D eigenvalue weighted by Crippen LogP contribution is 2.36. The van der Waals surface area contributed by atoms with Crippen molar-refractivity contribution in [1.29, 1.82) is 0 Å². The van der Waals surface area contributed by atoms with Gasteiger partial charge in [0.1, 0.15) is 11.3 Å². The van der Waals surface area contributed by atoms with Crippen molar-refractivity contribution >= 4 is 29.2 Å². The lowest BCUT2D eigenvalue weighted by atomic mass is 9.75. The molecule has 4 rings (SSSR count). The fourth-order valence-corrected chi connectivity index (χ4v) is 5.85. The lowest BCUT2D eigenvalue weighted by Gasteiger charge is -2.40. The summed E-state index contributed by atoms with van der Waals surface area (Å²) < 4.78 is 5.32. The first kappa shape index (κ1) is 24.4. The molecule has 2 fully saturated rings. The number of imide groups is 1. The highest BCUT2D eigenvalue weighted by Gasteiger charge is 2.54. The number of aryl methyl sites for hydroxylation is 1. The van der Waals surface area contributed by atoms with Crippen LogP contribution in [0.1, 0.15) is 66.9 Å². The normalized spacial score (nSPS) is 21.6. The molecule has 0 bridgehead atoms. The van der Waals surface area contributed by atoms with E-state index >= 15 is 0 Å². The van der Waals surface area contributed by atoms with Crippen LogP contribution in [0, 0.1) is 18.8 Å². The first-order valence-corrected chi connectivity index (χ1v) is 12.9. The summed E-state index contributed by atoms with van der Waals surface area (Å²) in [5.74, 6) is 0.808. The van der Waals surface area contributed by atoms with E-state index in [0.29, 0.717) is 62.7 Å². The van der Waals surface area contributed by atoms with E-state index in [2.05, 4.69) is 29.3 Å². The molecule has 2 saturated heterocycles. The summed E-state index contributed by atoms with van der Waals surface area (Å²) in [5, 5.41) is 6.99. The van der Waals surface area contributed by atoms with Crippen LogP contribution in [0.3, 0.4) is 0 Å². The molecule has 0 aliphatic carbocycles. The molecule has 0 aromatic carbocycles. The van der Waals surface area contributed by atoms with E-state index in [0.717, 1.165) is 17.0 Å². The highest BCUT2D eigenvalue weighted by molar-refractivity contribution is 7.09. The van der Waals surface area contributed by atoms with Crippen molar-refractivity contribution in [1.82, 2.24) is 25.3 Å². The van der Waals surface area contributed by atoms with Gasteiger partial charge in [0.15, 0.2) is 5.69 Å². The highest BCUT2D eigenvalue weighted by atomic mass is 32.1. The zero-order valence-electron chi connectivity index (χ0n) is 20.3. The van der Waals surface area contributed by atoms with E-state index in [1.165, 1.54) is 4.90 Å². The largest absolute Gasteiger partial charge is 0.361 e. The Morgan fingerprint density at radius 1 is 1.32 bits per heavy atom. The second kappa shape index (κ2) is 9.85. The number of hydrogen-bond donors (Lipinski definition) is 1. The molecule has 0 radical (unpaired) electrons. The van der Waals surface area contributed by atoms with Gasteiger partial charge in [-0.05, 0) is 38.0 Å². The van der Waals surface area contributed by atoms with Crippen LogP contribution in [0.4, 0.5) is 4.79 Å². The van der Waals surface area contributed by atoms with Crippen LogP contribution in [0.25, 0.3) is 0 Å². The lowest BCUT2D eigenvalue weighted by molar-refractivity contribution is -0.134. The number of carbonyl (C=O) groups is 3. The van der Waals surface area contributed by atoms with Gasteiger partial charge < -0.3 is 14.7 Å². The van der Waals surface area contributed by atoms with Gasteiger partial charge in [0.25, 0.3) is 11.8 Å². The summed E-state index contributed by atoms with van der Waals surface area (Å²) >= 11 is 1.54. The van der Waals surface area contributed by atoms with Crippen LogP contribution >= 0.6 is 11.3 Å². The molecule has 1 atom stereocenters. The summed E-state index contributed by atoms with van der Waals surface area (Å²) in [6.07, 6.45) is 3.16. The quantitative estimate of drug-likeness (QED) is 0.572. The fraction of sp³-hybridized carbons (Fsp3) is 0.625. The van der Waals surface area contributed by atoms with Gasteiger partial charge in [-0.3, -0.25) is 14.5 Å². The minimum Gasteiger partial charge on any atom is -0.361 e. The van der Waals surface area contributed by atoms with E-state index < -0.39 is 5.54 Å². The van der Waals surface area contributed by atoms with E-state index in [9.17, 15) is 14.4 Å². The van der Waals surface area contributed by atoms with Crippen LogP contribution in [-0.4, -0.2) is 63.0 Å². The van der Waals surface area contributed by atoms with E-state index in [1.807, 2.05) is 13.8 Å². The molecule has 34 heavy (non-hydrogen) atoms. The van der Waals surface area contributed by atoms with Crippen LogP contribution in [0.15, 0.2) is 16.1 Å². The Kier molecular flexibility index (Phi) is 7.06. The van der Waals surface area contributed by atoms with Crippen LogP contribution in [-0.2, 0) is 17.6 Å². The Hall–Kier alpha value is -2.75. The first-order valence-electron chi connectivity index (χ1n) is 12.0. The van der Waals surface area contributed by atoms with E-state index in [-0.39, 0.29) is 23.8 Å². The molecule has 10 heteroatoms. The molecule has 9 nitrogen and oxygen atoms in total. The predicted octanol–water partition coefficient (Wildman–Crippen LogP) is 3.43. The summed E-state index contributed by atoms with van der Waals surface area (Å²) in [7, 11) is 0. The number of nitrogens with zero attached hydrogens (tertiary/aromatic N) is 4. The second-order valence-electron chi connectivity index (χ2n) is 9.67. The van der Waals surface area contributed by atoms with Crippen LogP contribution in [0.2, 0.25) is 0 Å². The third-order valence-electron chi connectivity index (χ3n) is 7.03. The number of amides is 4. The summed E-state index contributed by atoms with van der Waals surface area (Å²) in [5.41, 5.74) is 2.15. The topological polar surface area (TPSA) is 109 Å². The maximum atomic E-state index is 13.5. The molecular weight excluding hydrogens is 454 g/mol. The van der Waals surface area contributed by atoms with E-state index in [4.69, 9.17) is 4.52 Å². The van der Waals surface area contributed by atoms with Crippen molar-refractivity contribution in [2.45, 2.75) is 65.3 Å². The SMILES string of the molecule is CCC1(C2CCN(C(=O)c3cc(CC(C)C)on3)CC2)NC(=O)N(CCc2scnc2C)C1=O. The van der Waals surface area contributed by atoms with Crippen molar-refractivity contribution in [3.8, 4) is 0 Å². The Morgan fingerprint density at radius 2 is 2.06 bits per heavy atom. The molecule has 4 heterocycles. The number of likely N-dealkylation sites (tertiary alicyclic amines) is 1. The smallest absolute Gasteiger partial charge is 0.325 e. The van der Waals surface area contributed by atoms with Crippen LogP contribution < -0.4 is 5.32 Å². The van der Waals surface area contributed by atoms with Gasteiger partial charge in [0.05, 0.1) is 11.2 Å². The minimum atomic E-state index is -0.909. The van der Waals surface area contributed by atoms with Crippen molar-refractivity contribution in [2.75, 3.05) is 19.6 Å². The number of carbonyl (C=O) groups excluding carboxylic acids is 3. The van der Waals surface area contributed by atoms with Gasteiger partial charge in [-0.2, -0.15) is 0 Å². The van der Waals surface area contributed by atoms with Gasteiger partial charge in [0, 0.05) is 43.4 Å². The standard InChI is InChI=1S/C24H33N5O4S/c1-5-24(22(31)29(23(32)26-24)11-8-20-16(4)25-14-34-20)17-6-9-28(10-7-17)21(30)19-13-18(33-27-19)12-15(2)3/h13-15,17H,5-12H2,1-4H3,(H,26,32). The van der Waals surface area contributed by atoms with Gasteiger partial charge >= 0.3 is 6.03 Å². The third-order valence-corrected chi connectivity index (χ3v) is 8.03. The van der Waals surface area contributed by atoms with Gasteiger partial charge in [0.2, 0.25) is 0 Å². The van der Waals surface area contributed by atoms with Crippen molar-refractivity contribution in [2.24, 2.45) is 11.8 Å². The number of piperidine rings is 1. The molecule has 2 aliphatic rings. The monoisotopic (exact) mass is 487 g/mol. The molecular formula is C24H33N5O4S. The second-order valence-corrected chi connectivity index (χ2v) is 10.6. The summed E-state index contributed by atoms with van der Waals surface area (Å²) in [6.45, 7) is 9.43. The van der Waals surface area contributed by atoms with Gasteiger partial charge in [-0.1, -0.05) is 25.9 Å². The Bertz CT molecular complexity index is 1060. The molecule has 1 unspecified atom stereocenters. The number of hydrogen-bond acceptors (Lipinski definition) is 7. The van der Waals surface area contributed by atoms with Gasteiger partial charge in [-0.15, -0.1) is 11.3 Å². The number of nitrogens with one attached hydrogen (secondary N) is 1. The van der Waals surface area contributed by atoms with Gasteiger partial charge in [-0.25, -0.2) is 9.78 Å². The average Bonchev–Trinajstić information content (AvgIpc) is 3.51. The lowest BCUT2D eigenvalue weighted by Crippen LogP contribution is -2.56. The number of thiazole rings is 1. The first-order chi connectivity index (χ1) is 16.2. The Labute approximate surface area is 203 Å². The molecule has 2 aliphatic heterocycles. The molecule has 0 spiro atoms. The zero-order chi connectivity index (χ0) is 24.5. The molecule has 2 aromatic heterocycles. The predicted molar refractivity (Wildman–Crippen MR) is 127 cm³/mol. The van der Waals surface area contributed by atoms with Crippen LogP contribution in [0.5, 0.6) is 0 Å². The van der Waals surface area contributed by atoms with Crippen molar-refractivity contribution in [3.05, 3.63) is 33.6 Å². The van der Waals surface area contributed by atoms with Crippen molar-refractivity contribution < 1.29 is 18.9 Å². The maximum Gasteiger partial charge on any atom is 0.325 e. The number of aromatic nitrogens is 2. The molecule has 2 aromatic rings. The van der Waals surface area contributed by atoms with Crippen molar-refractivity contribution in [3.63, 3.8) is 0 Å². The zero-order valence-corrected chi connectivity index (χ0v) is 21.1. The fourth-order valence-electron chi connectivity index (χ4n) is 5.08. The van der Waals surface area contributed by atoms with E-state index in [1.54, 1.807) is 27.8 Å². The number of urea groups is 1. The number of rotatable bonds is 8. The minimum absolute atomic E-state index is 0.0260. The third kappa shape index (κ3) is 4.60. The Balaban J connectivity index is 1.38. The summed E-state index contributed by atoms with van der Waals surface area (Å²) in [4.78, 5) is 47.6. The molecule has 1 N–H and O–H groups in total. The Morgan fingerprint density at radius 3 is 2.68 bits per heavy atom. The average molecular weight is 488 g/mol. The molecule has 4 amide bonds. The summed E-state index contributed by atoms with van der Waals surface area (Å²) in [6, 6.07) is 1.40.